The van der Waals surface area contributed by atoms with E-state index in [-0.39, 0.29) is 12.1 Å². The molecule has 4 heterocycles. The fourth-order valence-corrected chi connectivity index (χ4v) is 3.62. The van der Waals surface area contributed by atoms with Gasteiger partial charge < -0.3 is 20.9 Å². The molecule has 4 rings (SSSR count). The Hall–Kier alpha value is -2.60. The highest BCUT2D eigenvalue weighted by Gasteiger charge is 2.32. The molecular formula is C19H23N5O. The second-order valence-corrected chi connectivity index (χ2v) is 6.90. The number of likely N-dealkylation sites (tertiary alicyclic amines) is 1. The molecule has 25 heavy (non-hydrogen) atoms. The van der Waals surface area contributed by atoms with E-state index in [4.69, 9.17) is 5.73 Å². The van der Waals surface area contributed by atoms with Gasteiger partial charge in [-0.2, -0.15) is 0 Å². The van der Waals surface area contributed by atoms with Crippen LogP contribution in [0.1, 0.15) is 23.1 Å². The minimum atomic E-state index is -0.0132. The first-order chi connectivity index (χ1) is 12.2. The van der Waals surface area contributed by atoms with Crippen LogP contribution in [0.3, 0.4) is 0 Å². The van der Waals surface area contributed by atoms with Crippen molar-refractivity contribution >= 4 is 11.6 Å². The minimum Gasteiger partial charge on any atom is -0.359 e. The summed E-state index contributed by atoms with van der Waals surface area (Å²) in [6, 6.07) is 5.60. The van der Waals surface area contributed by atoms with E-state index in [1.807, 2.05) is 41.6 Å². The topological polar surface area (TPSA) is 74.5 Å². The van der Waals surface area contributed by atoms with E-state index >= 15 is 0 Å². The molecule has 0 aliphatic carbocycles. The lowest BCUT2D eigenvalue weighted by Crippen LogP contribution is -2.32. The third-order valence-electron chi connectivity index (χ3n) is 5.17. The fourth-order valence-electron chi connectivity index (χ4n) is 3.62. The normalized spacial score (nSPS) is 27.3. The molecule has 6 nitrogen and oxygen atoms in total. The zero-order valence-electron chi connectivity index (χ0n) is 14.3. The number of pyridine rings is 1. The molecule has 3 aliphatic heterocycles. The first-order valence-corrected chi connectivity index (χ1v) is 8.73. The van der Waals surface area contributed by atoms with Gasteiger partial charge in [0.1, 0.15) is 11.9 Å². The van der Waals surface area contributed by atoms with Gasteiger partial charge in [-0.05, 0) is 42.7 Å². The first-order valence-electron chi connectivity index (χ1n) is 8.73. The smallest absolute Gasteiger partial charge is 0.272 e. The Morgan fingerprint density at radius 3 is 3.00 bits per heavy atom. The third-order valence-corrected chi connectivity index (χ3v) is 5.17. The number of hydrogen-bond acceptors (Lipinski definition) is 5. The van der Waals surface area contributed by atoms with Crippen molar-refractivity contribution in [1.29, 1.82) is 0 Å². The van der Waals surface area contributed by atoms with Gasteiger partial charge in [-0.15, -0.1) is 0 Å². The average Bonchev–Trinajstić information content (AvgIpc) is 3.24. The Labute approximate surface area is 147 Å². The van der Waals surface area contributed by atoms with Gasteiger partial charge in [-0.25, -0.2) is 4.98 Å². The molecular weight excluding hydrogens is 314 g/mol. The van der Waals surface area contributed by atoms with Crippen LogP contribution >= 0.6 is 0 Å². The number of carbonyl (C=O) groups is 1. The van der Waals surface area contributed by atoms with Crippen molar-refractivity contribution in [2.45, 2.75) is 13.1 Å². The molecule has 0 saturated carbocycles. The molecule has 3 unspecified atom stereocenters. The molecule has 6 heteroatoms. The zero-order chi connectivity index (χ0) is 17.4. The van der Waals surface area contributed by atoms with Crippen LogP contribution in [0.25, 0.3) is 5.70 Å². The van der Waals surface area contributed by atoms with Crippen molar-refractivity contribution < 1.29 is 4.79 Å². The summed E-state index contributed by atoms with van der Waals surface area (Å²) < 4.78 is 0. The van der Waals surface area contributed by atoms with Crippen LogP contribution < -0.4 is 11.1 Å². The summed E-state index contributed by atoms with van der Waals surface area (Å²) in [5, 5.41) is 3.41. The maximum atomic E-state index is 12.8. The molecule has 1 fully saturated rings. The number of rotatable bonds is 3. The summed E-state index contributed by atoms with van der Waals surface area (Å²) in [6.07, 6.45) is 10.2. The van der Waals surface area contributed by atoms with Gasteiger partial charge in [-0.3, -0.25) is 4.79 Å². The van der Waals surface area contributed by atoms with E-state index in [2.05, 4.69) is 28.2 Å². The van der Waals surface area contributed by atoms with Crippen molar-refractivity contribution in [2.24, 2.45) is 17.6 Å². The number of fused-ring (bicyclic) bond motifs is 1. The molecule has 1 saturated heterocycles. The second kappa shape index (κ2) is 6.37. The lowest BCUT2D eigenvalue weighted by Gasteiger charge is -2.20. The van der Waals surface area contributed by atoms with Crippen LogP contribution in [0.2, 0.25) is 0 Å². The lowest BCUT2D eigenvalue weighted by molar-refractivity contribution is 0.0779. The predicted molar refractivity (Wildman–Crippen MR) is 96.9 cm³/mol. The SMILES string of the molecule is CC1CN(C(=O)c2cccc(C3=CN4C=CC=CC4N3)n2)CC1CN. The number of aromatic nitrogens is 1. The monoisotopic (exact) mass is 337 g/mol. The number of nitrogens with two attached hydrogens (primary N) is 1. The Morgan fingerprint density at radius 2 is 2.24 bits per heavy atom. The van der Waals surface area contributed by atoms with Gasteiger partial charge in [0, 0.05) is 25.5 Å². The number of allylic oxidation sites excluding steroid dienone is 2. The van der Waals surface area contributed by atoms with Crippen molar-refractivity contribution in [1.82, 2.24) is 20.1 Å². The van der Waals surface area contributed by atoms with Crippen LogP contribution in [0.4, 0.5) is 0 Å². The van der Waals surface area contributed by atoms with E-state index < -0.39 is 0 Å². The molecule has 0 spiro atoms. The number of nitrogens with one attached hydrogen (secondary N) is 1. The Kier molecular flexibility index (Phi) is 4.05. The molecule has 3 atom stereocenters. The molecule has 1 aromatic rings. The largest absolute Gasteiger partial charge is 0.359 e. The molecule has 0 bridgehead atoms. The van der Waals surface area contributed by atoms with Crippen LogP contribution in [0.5, 0.6) is 0 Å². The van der Waals surface area contributed by atoms with Gasteiger partial charge >= 0.3 is 0 Å². The molecule has 0 aromatic carbocycles. The summed E-state index contributed by atoms with van der Waals surface area (Å²) in [7, 11) is 0. The molecule has 130 valence electrons. The molecule has 1 aromatic heterocycles. The van der Waals surface area contributed by atoms with Crippen LogP contribution in [0, 0.1) is 11.8 Å². The molecule has 0 radical (unpaired) electrons. The summed E-state index contributed by atoms with van der Waals surface area (Å²) in [5.74, 6) is 0.799. The summed E-state index contributed by atoms with van der Waals surface area (Å²) in [4.78, 5) is 21.4. The van der Waals surface area contributed by atoms with Gasteiger partial charge in [0.15, 0.2) is 0 Å². The first kappa shape index (κ1) is 15.9. The fraction of sp³-hybridized carbons (Fsp3) is 0.368. The highest BCUT2D eigenvalue weighted by atomic mass is 16.2. The maximum Gasteiger partial charge on any atom is 0.272 e. The Bertz CT molecular complexity index is 769. The van der Waals surface area contributed by atoms with Gasteiger partial charge in [0.2, 0.25) is 0 Å². The quantitative estimate of drug-likeness (QED) is 0.871. The van der Waals surface area contributed by atoms with E-state index in [9.17, 15) is 4.79 Å². The lowest BCUT2D eigenvalue weighted by atomic mass is 9.99. The number of carbonyl (C=O) groups excluding carboxylic acids is 1. The minimum absolute atomic E-state index is 0.0132. The number of amides is 1. The van der Waals surface area contributed by atoms with Crippen LogP contribution in [-0.4, -0.2) is 46.5 Å². The van der Waals surface area contributed by atoms with Crippen LogP contribution in [0.15, 0.2) is 48.8 Å². The van der Waals surface area contributed by atoms with E-state index in [0.29, 0.717) is 24.1 Å². The van der Waals surface area contributed by atoms with E-state index in [1.54, 1.807) is 6.07 Å². The van der Waals surface area contributed by atoms with Crippen molar-refractivity contribution in [3.8, 4) is 0 Å². The van der Waals surface area contributed by atoms with Crippen molar-refractivity contribution in [3.63, 3.8) is 0 Å². The van der Waals surface area contributed by atoms with Gasteiger partial charge in [0.05, 0.1) is 11.4 Å². The predicted octanol–water partition coefficient (Wildman–Crippen LogP) is 1.36. The summed E-state index contributed by atoms with van der Waals surface area (Å²) in [5.41, 5.74) is 8.00. The Balaban J connectivity index is 1.53. The zero-order valence-corrected chi connectivity index (χ0v) is 14.3. The van der Waals surface area contributed by atoms with Crippen LogP contribution in [-0.2, 0) is 0 Å². The van der Waals surface area contributed by atoms with Gasteiger partial charge in [0.25, 0.3) is 5.91 Å². The van der Waals surface area contributed by atoms with Crippen molar-refractivity contribution in [2.75, 3.05) is 19.6 Å². The summed E-state index contributed by atoms with van der Waals surface area (Å²) in [6.45, 7) is 4.24. The molecule has 3 N–H and O–H groups in total. The molecule has 3 aliphatic rings. The van der Waals surface area contributed by atoms with E-state index in [0.717, 1.165) is 24.5 Å². The summed E-state index contributed by atoms with van der Waals surface area (Å²) >= 11 is 0. The Morgan fingerprint density at radius 1 is 1.36 bits per heavy atom. The standard InChI is InChI=1S/C19H23N5O/c1-13-10-24(11-14(13)9-20)19(25)16-6-4-5-15(21-16)17-12-23-8-3-2-7-18(23)22-17/h2-8,12-14,18,22H,9-11,20H2,1H3. The number of hydrogen-bond donors (Lipinski definition) is 2. The van der Waals surface area contributed by atoms with E-state index in [1.165, 1.54) is 0 Å². The van der Waals surface area contributed by atoms with Crippen molar-refractivity contribution in [3.05, 3.63) is 60.2 Å². The number of nitrogens with zero attached hydrogens (tertiary/aromatic N) is 3. The average molecular weight is 337 g/mol. The highest BCUT2D eigenvalue weighted by molar-refractivity contribution is 5.93. The third kappa shape index (κ3) is 2.93. The maximum absolute atomic E-state index is 12.8. The molecule has 1 amide bonds. The second-order valence-electron chi connectivity index (χ2n) is 6.90. The van der Waals surface area contributed by atoms with Gasteiger partial charge in [-0.1, -0.05) is 19.1 Å². The highest BCUT2D eigenvalue weighted by Crippen LogP contribution is 2.25.